The third-order valence-corrected chi connectivity index (χ3v) is 3.96. The van der Waals surface area contributed by atoms with E-state index < -0.39 is 0 Å². The molecule has 3 aromatic rings. The molecular weight excluding hydrogens is 314 g/mol. The second-order valence-electron chi connectivity index (χ2n) is 4.84. The number of thioether (sulfide) groups is 1. The van der Waals surface area contributed by atoms with E-state index in [0.29, 0.717) is 16.9 Å². The molecule has 0 bridgehead atoms. The SMILES string of the molecule is C[C@H](NC(=O)CSc1nnc(-c2ccco2)o1)c1ccccc1. The van der Waals surface area contributed by atoms with Crippen molar-refractivity contribution in [2.24, 2.45) is 0 Å². The van der Waals surface area contributed by atoms with Gasteiger partial charge in [0, 0.05) is 0 Å². The van der Waals surface area contributed by atoms with E-state index in [-0.39, 0.29) is 17.7 Å². The van der Waals surface area contributed by atoms with Crippen molar-refractivity contribution in [1.29, 1.82) is 0 Å². The largest absolute Gasteiger partial charge is 0.459 e. The summed E-state index contributed by atoms with van der Waals surface area (Å²) in [5, 5.41) is 11.0. The Balaban J connectivity index is 1.51. The zero-order valence-corrected chi connectivity index (χ0v) is 13.2. The van der Waals surface area contributed by atoms with Gasteiger partial charge in [-0.05, 0) is 24.6 Å². The maximum Gasteiger partial charge on any atom is 0.284 e. The van der Waals surface area contributed by atoms with Crippen LogP contribution in [0.5, 0.6) is 0 Å². The van der Waals surface area contributed by atoms with Crippen molar-refractivity contribution < 1.29 is 13.6 Å². The first kappa shape index (κ1) is 15.4. The average molecular weight is 329 g/mol. The zero-order chi connectivity index (χ0) is 16.1. The summed E-state index contributed by atoms with van der Waals surface area (Å²) in [7, 11) is 0. The van der Waals surface area contributed by atoms with Gasteiger partial charge in [0.25, 0.3) is 11.1 Å². The lowest BCUT2D eigenvalue weighted by Gasteiger charge is -2.13. The number of aromatic nitrogens is 2. The summed E-state index contributed by atoms with van der Waals surface area (Å²) >= 11 is 1.19. The van der Waals surface area contributed by atoms with Gasteiger partial charge < -0.3 is 14.2 Å². The van der Waals surface area contributed by atoms with Crippen LogP contribution in [0.3, 0.4) is 0 Å². The van der Waals surface area contributed by atoms with Gasteiger partial charge in [-0.25, -0.2) is 0 Å². The van der Waals surface area contributed by atoms with Crippen molar-refractivity contribution >= 4 is 17.7 Å². The monoisotopic (exact) mass is 329 g/mol. The first-order chi connectivity index (χ1) is 11.2. The molecule has 1 N–H and O–H groups in total. The number of carbonyl (C=O) groups is 1. The molecule has 1 amide bonds. The van der Waals surface area contributed by atoms with Gasteiger partial charge in [0.1, 0.15) is 0 Å². The fourth-order valence-corrected chi connectivity index (χ4v) is 2.58. The third-order valence-electron chi connectivity index (χ3n) is 3.14. The molecule has 7 heteroatoms. The number of amides is 1. The van der Waals surface area contributed by atoms with Crippen molar-refractivity contribution in [2.75, 3.05) is 5.75 Å². The fourth-order valence-electron chi connectivity index (χ4n) is 2.00. The molecule has 0 spiro atoms. The van der Waals surface area contributed by atoms with E-state index in [2.05, 4.69) is 15.5 Å². The summed E-state index contributed by atoms with van der Waals surface area (Å²) in [5.41, 5.74) is 1.06. The second kappa shape index (κ2) is 7.15. The molecule has 2 aromatic heterocycles. The number of furan rings is 1. The van der Waals surface area contributed by atoms with E-state index in [1.54, 1.807) is 12.1 Å². The molecular formula is C16H15N3O3S. The van der Waals surface area contributed by atoms with Crippen LogP contribution in [0.1, 0.15) is 18.5 Å². The summed E-state index contributed by atoms with van der Waals surface area (Å²) in [4.78, 5) is 12.0. The summed E-state index contributed by atoms with van der Waals surface area (Å²) < 4.78 is 10.6. The first-order valence-electron chi connectivity index (χ1n) is 7.07. The Kier molecular flexibility index (Phi) is 4.77. The highest BCUT2D eigenvalue weighted by Crippen LogP contribution is 2.23. The number of carbonyl (C=O) groups excluding carboxylic acids is 1. The maximum absolute atomic E-state index is 12.0. The average Bonchev–Trinajstić information content (AvgIpc) is 3.25. The van der Waals surface area contributed by atoms with Gasteiger partial charge in [0.2, 0.25) is 5.91 Å². The molecule has 3 rings (SSSR count). The highest BCUT2D eigenvalue weighted by molar-refractivity contribution is 7.99. The van der Waals surface area contributed by atoms with E-state index in [4.69, 9.17) is 8.83 Å². The number of hydrogen-bond acceptors (Lipinski definition) is 6. The van der Waals surface area contributed by atoms with Crippen LogP contribution in [-0.2, 0) is 4.79 Å². The molecule has 0 aliphatic rings. The molecule has 0 fully saturated rings. The van der Waals surface area contributed by atoms with E-state index in [0.717, 1.165) is 5.56 Å². The van der Waals surface area contributed by atoms with Crippen LogP contribution in [0, 0.1) is 0 Å². The Morgan fingerprint density at radius 3 is 2.78 bits per heavy atom. The molecule has 0 radical (unpaired) electrons. The number of benzene rings is 1. The van der Waals surface area contributed by atoms with E-state index in [1.807, 2.05) is 37.3 Å². The lowest BCUT2D eigenvalue weighted by atomic mass is 10.1. The van der Waals surface area contributed by atoms with E-state index in [1.165, 1.54) is 18.0 Å². The number of nitrogens with zero attached hydrogens (tertiary/aromatic N) is 2. The van der Waals surface area contributed by atoms with E-state index in [9.17, 15) is 4.79 Å². The molecule has 0 unspecified atom stereocenters. The van der Waals surface area contributed by atoms with Gasteiger partial charge in [0.15, 0.2) is 5.76 Å². The summed E-state index contributed by atoms with van der Waals surface area (Å²) in [6.45, 7) is 1.94. The Hall–Kier alpha value is -2.54. The minimum Gasteiger partial charge on any atom is -0.459 e. The summed E-state index contributed by atoms with van der Waals surface area (Å²) in [5.74, 6) is 0.919. The van der Waals surface area contributed by atoms with Crippen molar-refractivity contribution in [1.82, 2.24) is 15.5 Å². The topological polar surface area (TPSA) is 81.2 Å². The molecule has 1 atom stereocenters. The molecule has 2 heterocycles. The summed E-state index contributed by atoms with van der Waals surface area (Å²) in [6, 6.07) is 13.2. The molecule has 0 aliphatic heterocycles. The standard InChI is InChI=1S/C16H15N3O3S/c1-11(12-6-3-2-4-7-12)17-14(20)10-23-16-19-18-15(22-16)13-8-5-9-21-13/h2-9,11H,10H2,1H3,(H,17,20)/t11-/m0/s1. The smallest absolute Gasteiger partial charge is 0.284 e. The highest BCUT2D eigenvalue weighted by Gasteiger charge is 2.14. The molecule has 0 saturated heterocycles. The number of nitrogens with one attached hydrogen (secondary N) is 1. The van der Waals surface area contributed by atoms with Gasteiger partial charge in [-0.1, -0.05) is 42.1 Å². The second-order valence-corrected chi connectivity index (χ2v) is 5.77. The molecule has 0 aliphatic carbocycles. The Labute approximate surface area is 137 Å². The van der Waals surface area contributed by atoms with Crippen LogP contribution < -0.4 is 5.32 Å². The van der Waals surface area contributed by atoms with Gasteiger partial charge in [-0.15, -0.1) is 10.2 Å². The van der Waals surface area contributed by atoms with Crippen LogP contribution in [-0.4, -0.2) is 21.9 Å². The van der Waals surface area contributed by atoms with Gasteiger partial charge >= 0.3 is 0 Å². The zero-order valence-electron chi connectivity index (χ0n) is 12.4. The molecule has 118 valence electrons. The quantitative estimate of drug-likeness (QED) is 0.699. The fraction of sp³-hybridized carbons (Fsp3) is 0.188. The van der Waals surface area contributed by atoms with Crippen LogP contribution in [0.2, 0.25) is 0 Å². The van der Waals surface area contributed by atoms with Gasteiger partial charge in [-0.3, -0.25) is 4.79 Å². The van der Waals surface area contributed by atoms with Crippen LogP contribution >= 0.6 is 11.8 Å². The predicted octanol–water partition coefficient (Wildman–Crippen LogP) is 3.30. The van der Waals surface area contributed by atoms with Crippen LogP contribution in [0.15, 0.2) is 62.8 Å². The first-order valence-corrected chi connectivity index (χ1v) is 8.05. The van der Waals surface area contributed by atoms with Gasteiger partial charge in [0.05, 0.1) is 18.1 Å². The van der Waals surface area contributed by atoms with Gasteiger partial charge in [-0.2, -0.15) is 0 Å². The molecule has 1 aromatic carbocycles. The normalized spacial score (nSPS) is 12.0. The lowest BCUT2D eigenvalue weighted by molar-refractivity contribution is -0.119. The lowest BCUT2D eigenvalue weighted by Crippen LogP contribution is -2.28. The minimum absolute atomic E-state index is 0.0503. The Morgan fingerprint density at radius 1 is 1.22 bits per heavy atom. The van der Waals surface area contributed by atoms with Crippen molar-refractivity contribution in [3.63, 3.8) is 0 Å². The predicted molar refractivity (Wildman–Crippen MR) is 85.7 cm³/mol. The van der Waals surface area contributed by atoms with Crippen molar-refractivity contribution in [3.8, 4) is 11.7 Å². The Morgan fingerprint density at radius 2 is 2.04 bits per heavy atom. The Bertz CT molecular complexity index is 756. The number of rotatable bonds is 6. The molecule has 23 heavy (non-hydrogen) atoms. The number of hydrogen-bond donors (Lipinski definition) is 1. The van der Waals surface area contributed by atoms with Crippen molar-refractivity contribution in [2.45, 2.75) is 18.2 Å². The highest BCUT2D eigenvalue weighted by atomic mass is 32.2. The van der Waals surface area contributed by atoms with Crippen LogP contribution in [0.4, 0.5) is 0 Å². The minimum atomic E-state index is -0.0934. The molecule has 6 nitrogen and oxygen atoms in total. The maximum atomic E-state index is 12.0. The van der Waals surface area contributed by atoms with E-state index >= 15 is 0 Å². The van der Waals surface area contributed by atoms with Crippen LogP contribution in [0.25, 0.3) is 11.7 Å². The molecule has 0 saturated carbocycles. The van der Waals surface area contributed by atoms with Crippen molar-refractivity contribution in [3.05, 3.63) is 54.3 Å². The summed E-state index contributed by atoms with van der Waals surface area (Å²) in [6.07, 6.45) is 1.53. The third kappa shape index (κ3) is 4.01.